The van der Waals surface area contributed by atoms with Crippen LogP contribution < -0.4 is 4.74 Å². The number of ether oxygens (including phenoxy) is 1. The highest BCUT2D eigenvalue weighted by Gasteiger charge is 2.30. The number of carboxylic acid groups (broad SMARTS) is 1. The fourth-order valence-electron chi connectivity index (χ4n) is 5.01. The molecule has 4 rings (SSSR count). The standard InChI is InChI=1S/C25H35N3O3/c1-25(2,3)20-5-7-21(8-6-20)31-24-26-15-19-14-17(4-9-22(19)27-24)16-28-12-10-18(11-13-28)23(29)30/h4,9,14-15,18,20-21H,5-8,10-13,16H2,1-3H3,(H,29,30)/t20-,21-. The Hall–Kier alpha value is -2.21. The number of carboxylic acids is 1. The SMILES string of the molecule is CC(C)(C)[C@H]1CC[C@H](Oc2ncc3cc(CN4CCC(C(=O)O)CC4)ccc3n2)CC1. The van der Waals surface area contributed by atoms with Crippen molar-refractivity contribution in [3.05, 3.63) is 30.0 Å². The summed E-state index contributed by atoms with van der Waals surface area (Å²) in [7, 11) is 0. The second-order valence-corrected chi connectivity index (χ2v) is 10.4. The monoisotopic (exact) mass is 425 g/mol. The highest BCUT2D eigenvalue weighted by molar-refractivity contribution is 5.78. The van der Waals surface area contributed by atoms with Gasteiger partial charge in [0.1, 0.15) is 6.10 Å². The zero-order valence-corrected chi connectivity index (χ0v) is 19.0. The van der Waals surface area contributed by atoms with Gasteiger partial charge in [0, 0.05) is 18.1 Å². The number of piperidine rings is 1. The minimum absolute atomic E-state index is 0.191. The van der Waals surface area contributed by atoms with E-state index in [4.69, 9.17) is 9.84 Å². The summed E-state index contributed by atoms with van der Waals surface area (Å²) in [6.07, 6.45) is 8.07. The zero-order valence-electron chi connectivity index (χ0n) is 19.0. The van der Waals surface area contributed by atoms with Crippen molar-refractivity contribution in [1.82, 2.24) is 14.9 Å². The van der Waals surface area contributed by atoms with Crippen molar-refractivity contribution in [2.75, 3.05) is 13.1 Å². The van der Waals surface area contributed by atoms with Gasteiger partial charge in [-0.05, 0) is 80.6 Å². The van der Waals surface area contributed by atoms with Crippen LogP contribution >= 0.6 is 0 Å². The smallest absolute Gasteiger partial charge is 0.317 e. The lowest BCUT2D eigenvalue weighted by atomic mass is 9.72. The molecule has 1 saturated carbocycles. The van der Waals surface area contributed by atoms with Crippen LogP contribution in [0.1, 0.15) is 64.9 Å². The molecule has 1 aromatic carbocycles. The number of benzene rings is 1. The third-order valence-electron chi connectivity index (χ3n) is 7.14. The van der Waals surface area contributed by atoms with E-state index in [1.165, 1.54) is 18.4 Å². The van der Waals surface area contributed by atoms with Gasteiger partial charge >= 0.3 is 12.0 Å². The second-order valence-electron chi connectivity index (χ2n) is 10.4. The van der Waals surface area contributed by atoms with Gasteiger partial charge < -0.3 is 9.84 Å². The van der Waals surface area contributed by atoms with E-state index < -0.39 is 5.97 Å². The Morgan fingerprint density at radius 1 is 1.13 bits per heavy atom. The molecule has 0 bridgehead atoms. The number of aromatic nitrogens is 2. The van der Waals surface area contributed by atoms with E-state index in [2.05, 4.69) is 47.8 Å². The van der Waals surface area contributed by atoms with Crippen molar-refractivity contribution in [3.63, 3.8) is 0 Å². The van der Waals surface area contributed by atoms with Crippen LogP contribution in [0, 0.1) is 17.3 Å². The van der Waals surface area contributed by atoms with Crippen molar-refractivity contribution in [2.45, 2.75) is 71.9 Å². The van der Waals surface area contributed by atoms with Crippen LogP contribution in [0.2, 0.25) is 0 Å². The lowest BCUT2D eigenvalue weighted by Gasteiger charge is -2.36. The number of nitrogens with zero attached hydrogens (tertiary/aromatic N) is 3. The predicted molar refractivity (Wildman–Crippen MR) is 121 cm³/mol. The fourth-order valence-corrected chi connectivity index (χ4v) is 5.01. The first-order valence-electron chi connectivity index (χ1n) is 11.7. The van der Waals surface area contributed by atoms with Gasteiger partial charge in [-0.15, -0.1) is 0 Å². The molecule has 6 nitrogen and oxygen atoms in total. The molecule has 2 heterocycles. The number of likely N-dealkylation sites (tertiary alicyclic amines) is 1. The van der Waals surface area contributed by atoms with Gasteiger partial charge in [-0.25, -0.2) is 4.98 Å². The lowest BCUT2D eigenvalue weighted by molar-refractivity contribution is -0.143. The molecule has 1 saturated heterocycles. The summed E-state index contributed by atoms with van der Waals surface area (Å²) in [4.78, 5) is 22.6. The summed E-state index contributed by atoms with van der Waals surface area (Å²) >= 11 is 0. The molecule has 0 amide bonds. The quantitative estimate of drug-likeness (QED) is 0.734. The maximum absolute atomic E-state index is 11.1. The summed E-state index contributed by atoms with van der Waals surface area (Å²) in [6.45, 7) is 9.48. The number of fused-ring (bicyclic) bond motifs is 1. The molecular formula is C25H35N3O3. The summed E-state index contributed by atoms with van der Waals surface area (Å²) < 4.78 is 6.13. The Bertz CT molecular complexity index is 908. The maximum Gasteiger partial charge on any atom is 0.317 e. The zero-order chi connectivity index (χ0) is 22.0. The Morgan fingerprint density at radius 3 is 2.48 bits per heavy atom. The van der Waals surface area contributed by atoms with Gasteiger partial charge in [-0.2, -0.15) is 4.98 Å². The molecule has 1 aliphatic carbocycles. The van der Waals surface area contributed by atoms with E-state index >= 15 is 0 Å². The molecule has 2 fully saturated rings. The molecule has 2 aliphatic rings. The number of rotatable bonds is 5. The van der Waals surface area contributed by atoms with Crippen molar-refractivity contribution in [1.29, 1.82) is 0 Å². The van der Waals surface area contributed by atoms with Crippen molar-refractivity contribution in [2.24, 2.45) is 17.3 Å². The topological polar surface area (TPSA) is 75.5 Å². The summed E-state index contributed by atoms with van der Waals surface area (Å²) in [5, 5.41) is 10.2. The van der Waals surface area contributed by atoms with Crippen LogP contribution in [0.3, 0.4) is 0 Å². The van der Waals surface area contributed by atoms with E-state index in [1.54, 1.807) is 0 Å². The van der Waals surface area contributed by atoms with Crippen LogP contribution in [0.4, 0.5) is 0 Å². The number of hydrogen-bond donors (Lipinski definition) is 1. The summed E-state index contributed by atoms with van der Waals surface area (Å²) in [5.74, 6) is -0.0934. The molecule has 0 unspecified atom stereocenters. The highest BCUT2D eigenvalue weighted by Crippen LogP contribution is 2.38. The first-order chi connectivity index (χ1) is 14.8. The van der Waals surface area contributed by atoms with Crippen LogP contribution in [-0.2, 0) is 11.3 Å². The molecule has 2 aromatic rings. The van der Waals surface area contributed by atoms with Gasteiger partial charge in [0.05, 0.1) is 11.4 Å². The molecule has 1 N–H and O–H groups in total. The Kier molecular flexibility index (Phi) is 6.47. The van der Waals surface area contributed by atoms with E-state index in [9.17, 15) is 4.79 Å². The number of hydrogen-bond acceptors (Lipinski definition) is 5. The second kappa shape index (κ2) is 9.11. The van der Waals surface area contributed by atoms with Gasteiger partial charge in [0.2, 0.25) is 0 Å². The summed E-state index contributed by atoms with van der Waals surface area (Å²) in [6, 6.07) is 6.77. The first kappa shape index (κ1) is 22.0. The minimum Gasteiger partial charge on any atom is -0.481 e. The van der Waals surface area contributed by atoms with E-state index in [0.717, 1.165) is 62.1 Å². The van der Waals surface area contributed by atoms with E-state index in [0.29, 0.717) is 11.4 Å². The molecule has 0 atom stereocenters. The average molecular weight is 426 g/mol. The highest BCUT2D eigenvalue weighted by atomic mass is 16.5. The Morgan fingerprint density at radius 2 is 1.84 bits per heavy atom. The number of carbonyl (C=O) groups is 1. The molecule has 31 heavy (non-hydrogen) atoms. The molecule has 168 valence electrons. The van der Waals surface area contributed by atoms with Crippen LogP contribution in [0.5, 0.6) is 6.01 Å². The van der Waals surface area contributed by atoms with Gasteiger partial charge in [0.25, 0.3) is 0 Å². The lowest BCUT2D eigenvalue weighted by Crippen LogP contribution is -2.35. The van der Waals surface area contributed by atoms with Gasteiger partial charge in [-0.3, -0.25) is 9.69 Å². The van der Waals surface area contributed by atoms with Crippen LogP contribution in [0.25, 0.3) is 10.9 Å². The first-order valence-corrected chi connectivity index (χ1v) is 11.7. The third kappa shape index (κ3) is 5.53. The Labute approximate surface area is 185 Å². The summed E-state index contributed by atoms with van der Waals surface area (Å²) in [5.41, 5.74) is 2.48. The van der Waals surface area contributed by atoms with E-state index in [-0.39, 0.29) is 12.0 Å². The van der Waals surface area contributed by atoms with Crippen molar-refractivity contribution in [3.8, 4) is 6.01 Å². The maximum atomic E-state index is 11.1. The average Bonchev–Trinajstić information content (AvgIpc) is 2.74. The molecular weight excluding hydrogens is 390 g/mol. The largest absolute Gasteiger partial charge is 0.481 e. The van der Waals surface area contributed by atoms with Crippen LogP contribution in [-0.4, -0.2) is 45.1 Å². The van der Waals surface area contributed by atoms with Crippen molar-refractivity contribution < 1.29 is 14.6 Å². The predicted octanol–water partition coefficient (Wildman–Crippen LogP) is 4.91. The molecule has 0 spiro atoms. The van der Waals surface area contributed by atoms with Crippen molar-refractivity contribution >= 4 is 16.9 Å². The molecule has 0 radical (unpaired) electrons. The Balaban J connectivity index is 1.34. The fraction of sp³-hybridized carbons (Fsp3) is 0.640. The normalized spacial score (nSPS) is 23.7. The van der Waals surface area contributed by atoms with Crippen LogP contribution in [0.15, 0.2) is 24.4 Å². The molecule has 1 aliphatic heterocycles. The van der Waals surface area contributed by atoms with E-state index in [1.807, 2.05) is 12.3 Å². The molecule has 6 heteroatoms. The molecule has 1 aromatic heterocycles. The van der Waals surface area contributed by atoms with Gasteiger partial charge in [0.15, 0.2) is 0 Å². The number of aliphatic carboxylic acids is 1. The minimum atomic E-state index is -0.664. The third-order valence-corrected chi connectivity index (χ3v) is 7.14. The van der Waals surface area contributed by atoms with Gasteiger partial charge in [-0.1, -0.05) is 26.8 Å².